The van der Waals surface area contributed by atoms with Crippen LogP contribution in [0.1, 0.15) is 48.5 Å². The molecule has 0 bridgehead atoms. The zero-order valence-electron chi connectivity index (χ0n) is 18.0. The maximum absolute atomic E-state index is 13.6. The number of likely N-dealkylation sites (N-methyl/N-ethyl adjacent to an activating group) is 1. The normalized spacial score (nSPS) is 15.2. The first-order valence-corrected chi connectivity index (χ1v) is 10.2. The van der Waals surface area contributed by atoms with Crippen molar-refractivity contribution in [2.45, 2.75) is 12.6 Å². The summed E-state index contributed by atoms with van der Waals surface area (Å²) >= 11 is 0. The zero-order chi connectivity index (χ0) is 23.7. The SMILES string of the molecule is CNC(=O)c1cc(F)ccc1CNC(=O)c1nn2c(c1O)C(=O)N(C)CC2c1ccccc1. The number of carbonyl (C=O) groups is 3. The lowest BCUT2D eigenvalue weighted by Gasteiger charge is -2.31. The third kappa shape index (κ3) is 4.02. The Balaban J connectivity index is 1.64. The lowest BCUT2D eigenvalue weighted by atomic mass is 10.0. The summed E-state index contributed by atoms with van der Waals surface area (Å²) in [6.45, 7) is 0.211. The summed E-state index contributed by atoms with van der Waals surface area (Å²) in [5.74, 6) is -2.79. The first kappa shape index (κ1) is 22.0. The van der Waals surface area contributed by atoms with Crippen LogP contribution >= 0.6 is 0 Å². The first-order chi connectivity index (χ1) is 15.8. The third-order valence-corrected chi connectivity index (χ3v) is 5.56. The Morgan fingerprint density at radius 1 is 1.18 bits per heavy atom. The first-order valence-electron chi connectivity index (χ1n) is 10.2. The molecule has 4 rings (SSSR count). The standard InChI is InChI=1S/C23H22FN5O4/c1-25-21(31)16-10-15(24)9-8-14(16)11-26-22(32)18-20(30)19-23(33)28(2)12-17(29(19)27-18)13-6-4-3-5-7-13/h3-10,17,30H,11-12H2,1-2H3,(H,25,31)(H,26,32). The number of aromatic hydroxyl groups is 1. The van der Waals surface area contributed by atoms with Crippen molar-refractivity contribution in [2.24, 2.45) is 0 Å². The lowest BCUT2D eigenvalue weighted by molar-refractivity contribution is 0.0719. The summed E-state index contributed by atoms with van der Waals surface area (Å²) in [6, 6.07) is 12.6. The van der Waals surface area contributed by atoms with Gasteiger partial charge in [-0.3, -0.25) is 14.4 Å². The summed E-state index contributed by atoms with van der Waals surface area (Å²) in [5, 5.41) is 20.0. The van der Waals surface area contributed by atoms with Gasteiger partial charge in [-0.05, 0) is 23.3 Å². The fourth-order valence-electron chi connectivity index (χ4n) is 3.83. The van der Waals surface area contributed by atoms with Crippen LogP contribution in [0.5, 0.6) is 5.75 Å². The molecule has 0 spiro atoms. The number of nitrogens with zero attached hydrogens (tertiary/aromatic N) is 3. The maximum atomic E-state index is 13.6. The van der Waals surface area contributed by atoms with E-state index in [-0.39, 0.29) is 29.5 Å². The second-order valence-corrected chi connectivity index (χ2v) is 7.67. The Hall–Kier alpha value is -4.21. The molecule has 3 N–H and O–H groups in total. The third-order valence-electron chi connectivity index (χ3n) is 5.56. The van der Waals surface area contributed by atoms with E-state index in [9.17, 15) is 23.9 Å². The highest BCUT2D eigenvalue weighted by molar-refractivity contribution is 6.02. The average Bonchev–Trinajstić information content (AvgIpc) is 3.17. The second-order valence-electron chi connectivity index (χ2n) is 7.67. The van der Waals surface area contributed by atoms with Crippen molar-refractivity contribution in [1.82, 2.24) is 25.3 Å². The highest BCUT2D eigenvalue weighted by Gasteiger charge is 2.37. The molecule has 0 aliphatic carbocycles. The van der Waals surface area contributed by atoms with Gasteiger partial charge in [-0.25, -0.2) is 9.07 Å². The number of aromatic nitrogens is 2. The Morgan fingerprint density at radius 3 is 2.61 bits per heavy atom. The quantitative estimate of drug-likeness (QED) is 0.546. The fourth-order valence-corrected chi connectivity index (χ4v) is 3.83. The highest BCUT2D eigenvalue weighted by atomic mass is 19.1. The molecule has 1 aromatic heterocycles. The van der Waals surface area contributed by atoms with Crippen LogP contribution in [0.15, 0.2) is 48.5 Å². The van der Waals surface area contributed by atoms with Gasteiger partial charge in [0.05, 0.1) is 6.04 Å². The molecule has 33 heavy (non-hydrogen) atoms. The fraction of sp³-hybridized carbons (Fsp3) is 0.217. The minimum Gasteiger partial charge on any atom is -0.504 e. The topological polar surface area (TPSA) is 117 Å². The summed E-state index contributed by atoms with van der Waals surface area (Å²) < 4.78 is 15.0. The number of halogens is 1. The van der Waals surface area contributed by atoms with Crippen LogP contribution in [0, 0.1) is 5.82 Å². The van der Waals surface area contributed by atoms with Gasteiger partial charge in [0, 0.05) is 32.7 Å². The molecule has 10 heteroatoms. The zero-order valence-corrected chi connectivity index (χ0v) is 18.0. The Morgan fingerprint density at radius 2 is 1.91 bits per heavy atom. The molecule has 0 fully saturated rings. The molecular weight excluding hydrogens is 429 g/mol. The number of fused-ring (bicyclic) bond motifs is 1. The molecule has 170 valence electrons. The summed E-state index contributed by atoms with van der Waals surface area (Å²) in [5.41, 5.74) is 0.945. The number of benzene rings is 2. The van der Waals surface area contributed by atoms with Gasteiger partial charge in [0.2, 0.25) is 0 Å². The summed E-state index contributed by atoms with van der Waals surface area (Å²) in [7, 11) is 3.03. The summed E-state index contributed by atoms with van der Waals surface area (Å²) in [4.78, 5) is 39.1. The van der Waals surface area contributed by atoms with E-state index < -0.39 is 29.3 Å². The molecule has 2 aromatic carbocycles. The largest absolute Gasteiger partial charge is 0.504 e. The van der Waals surface area contributed by atoms with Crippen molar-refractivity contribution < 1.29 is 23.9 Å². The molecule has 1 atom stereocenters. The van der Waals surface area contributed by atoms with E-state index in [4.69, 9.17) is 0 Å². The highest BCUT2D eigenvalue weighted by Crippen LogP contribution is 2.33. The van der Waals surface area contributed by atoms with Crippen molar-refractivity contribution in [3.8, 4) is 5.75 Å². The van der Waals surface area contributed by atoms with Crippen LogP contribution in [0.3, 0.4) is 0 Å². The average molecular weight is 451 g/mol. The van der Waals surface area contributed by atoms with Crippen LogP contribution in [0.25, 0.3) is 0 Å². The Kier molecular flexibility index (Phi) is 5.82. The molecule has 0 saturated carbocycles. The van der Waals surface area contributed by atoms with E-state index in [1.807, 2.05) is 30.3 Å². The molecule has 1 aliphatic heterocycles. The van der Waals surface area contributed by atoms with Gasteiger partial charge < -0.3 is 20.6 Å². The number of hydrogen-bond acceptors (Lipinski definition) is 5. The van der Waals surface area contributed by atoms with Crippen molar-refractivity contribution in [2.75, 3.05) is 20.6 Å². The molecule has 2 heterocycles. The molecule has 9 nitrogen and oxygen atoms in total. The predicted molar refractivity (Wildman–Crippen MR) is 116 cm³/mol. The number of nitrogens with one attached hydrogen (secondary N) is 2. The van der Waals surface area contributed by atoms with Gasteiger partial charge in [-0.1, -0.05) is 36.4 Å². The van der Waals surface area contributed by atoms with Gasteiger partial charge in [-0.15, -0.1) is 0 Å². The molecule has 1 unspecified atom stereocenters. The summed E-state index contributed by atoms with van der Waals surface area (Å²) in [6.07, 6.45) is 0. The Bertz CT molecular complexity index is 1240. The van der Waals surface area contributed by atoms with Gasteiger partial charge in [0.1, 0.15) is 5.82 Å². The van der Waals surface area contributed by atoms with Gasteiger partial charge in [0.25, 0.3) is 17.7 Å². The Labute approximate surface area is 188 Å². The second kappa shape index (κ2) is 8.73. The number of amides is 3. The van der Waals surface area contributed by atoms with E-state index in [0.717, 1.165) is 11.6 Å². The van der Waals surface area contributed by atoms with Gasteiger partial charge in [0.15, 0.2) is 17.1 Å². The number of hydrogen-bond donors (Lipinski definition) is 3. The van der Waals surface area contributed by atoms with Crippen LogP contribution < -0.4 is 10.6 Å². The van der Waals surface area contributed by atoms with Crippen molar-refractivity contribution in [3.05, 3.63) is 82.4 Å². The van der Waals surface area contributed by atoms with Gasteiger partial charge >= 0.3 is 0 Å². The lowest BCUT2D eigenvalue weighted by Crippen LogP contribution is -2.41. The van der Waals surface area contributed by atoms with Crippen LogP contribution in [-0.4, -0.2) is 58.1 Å². The monoisotopic (exact) mass is 451 g/mol. The molecular formula is C23H22FN5O4. The minimum atomic E-state index is -0.733. The molecule has 0 radical (unpaired) electrons. The molecule has 3 amide bonds. The van der Waals surface area contributed by atoms with Crippen molar-refractivity contribution in [1.29, 1.82) is 0 Å². The van der Waals surface area contributed by atoms with Crippen LogP contribution in [0.4, 0.5) is 4.39 Å². The minimum absolute atomic E-state index is 0.0735. The smallest absolute Gasteiger partial charge is 0.275 e. The van der Waals surface area contributed by atoms with Crippen molar-refractivity contribution >= 4 is 17.7 Å². The molecule has 1 aliphatic rings. The van der Waals surface area contributed by atoms with E-state index in [1.165, 1.54) is 28.8 Å². The van der Waals surface area contributed by atoms with E-state index in [2.05, 4.69) is 15.7 Å². The predicted octanol–water partition coefficient (Wildman–Crippen LogP) is 1.69. The maximum Gasteiger partial charge on any atom is 0.275 e. The van der Waals surface area contributed by atoms with Crippen LogP contribution in [0.2, 0.25) is 0 Å². The van der Waals surface area contributed by atoms with E-state index in [0.29, 0.717) is 12.1 Å². The van der Waals surface area contributed by atoms with E-state index >= 15 is 0 Å². The number of carbonyl (C=O) groups excluding carboxylic acids is 3. The van der Waals surface area contributed by atoms with E-state index in [1.54, 1.807) is 7.05 Å². The van der Waals surface area contributed by atoms with Crippen LogP contribution in [-0.2, 0) is 6.54 Å². The molecule has 0 saturated heterocycles. The van der Waals surface area contributed by atoms with Gasteiger partial charge in [-0.2, -0.15) is 5.10 Å². The molecule has 3 aromatic rings. The number of rotatable bonds is 5. The van der Waals surface area contributed by atoms with Crippen molar-refractivity contribution in [3.63, 3.8) is 0 Å².